The number of carbonyl (C=O) groups excluding carboxylic acids is 2. The quantitative estimate of drug-likeness (QED) is 0.140. The van der Waals surface area contributed by atoms with Crippen LogP contribution < -0.4 is 23.8 Å². The SMILES string of the molecule is CCOc1ccc(N(CC(=O)N(Cc2ccc(C)cc2)[C@@H](Cc2ccccc2)C(=O)N[C@H](C)CC)S(=O)(=O)c2ccc(OC)c(OC)c2)cc1. The first-order valence-electron chi connectivity index (χ1n) is 16.7. The minimum absolute atomic E-state index is 0.0814. The van der Waals surface area contributed by atoms with Crippen molar-refractivity contribution in [1.82, 2.24) is 10.2 Å². The Kier molecular flexibility index (Phi) is 13.3. The summed E-state index contributed by atoms with van der Waals surface area (Å²) in [4.78, 5) is 30.2. The number of hydrogen-bond donors (Lipinski definition) is 1. The molecule has 50 heavy (non-hydrogen) atoms. The number of nitrogens with zero attached hydrogens (tertiary/aromatic N) is 2. The van der Waals surface area contributed by atoms with Crippen LogP contribution >= 0.6 is 0 Å². The Morgan fingerprint density at radius 1 is 0.820 bits per heavy atom. The van der Waals surface area contributed by atoms with Gasteiger partial charge in [0, 0.05) is 25.1 Å². The van der Waals surface area contributed by atoms with Crippen molar-refractivity contribution in [2.45, 2.75) is 64.1 Å². The van der Waals surface area contributed by atoms with Crippen LogP contribution in [0, 0.1) is 6.92 Å². The van der Waals surface area contributed by atoms with E-state index in [1.807, 2.05) is 82.3 Å². The van der Waals surface area contributed by atoms with Gasteiger partial charge in [-0.1, -0.05) is 67.1 Å². The zero-order chi connectivity index (χ0) is 36.3. The largest absolute Gasteiger partial charge is 0.494 e. The standard InChI is InChI=1S/C39H47N3O7S/c1-7-29(4)40-39(44)35(24-30-12-10-9-11-13-30)41(26-31-16-14-28(3)15-17-31)38(43)27-42(32-18-20-33(21-19-32)49-8-2)50(45,46)34-22-23-36(47-5)37(25-34)48-6/h9-23,25,29,35H,7-8,24,26-27H2,1-6H3,(H,40,44)/t29-,35+/m1/s1. The summed E-state index contributed by atoms with van der Waals surface area (Å²) in [5.74, 6) is 0.257. The van der Waals surface area contributed by atoms with E-state index in [2.05, 4.69) is 5.32 Å². The molecule has 4 aromatic rings. The molecule has 4 rings (SSSR count). The van der Waals surface area contributed by atoms with Gasteiger partial charge in [-0.15, -0.1) is 0 Å². The van der Waals surface area contributed by atoms with Gasteiger partial charge in [-0.05, 0) is 74.7 Å². The van der Waals surface area contributed by atoms with Crippen molar-refractivity contribution in [3.63, 3.8) is 0 Å². The van der Waals surface area contributed by atoms with Gasteiger partial charge in [0.2, 0.25) is 11.8 Å². The van der Waals surface area contributed by atoms with Crippen molar-refractivity contribution in [3.8, 4) is 17.2 Å². The van der Waals surface area contributed by atoms with Crippen LogP contribution in [-0.2, 0) is 32.6 Å². The molecule has 0 saturated heterocycles. The second kappa shape index (κ2) is 17.6. The second-order valence-corrected chi connectivity index (χ2v) is 13.8. The number of hydrogen-bond acceptors (Lipinski definition) is 7. The van der Waals surface area contributed by atoms with E-state index in [4.69, 9.17) is 14.2 Å². The number of aryl methyl sites for hydroxylation is 1. The normalized spacial score (nSPS) is 12.4. The molecule has 0 unspecified atom stereocenters. The summed E-state index contributed by atoms with van der Waals surface area (Å²) in [5.41, 5.74) is 2.95. The molecule has 0 aliphatic carbocycles. The molecule has 0 fully saturated rings. The van der Waals surface area contributed by atoms with Gasteiger partial charge < -0.3 is 24.4 Å². The van der Waals surface area contributed by atoms with Crippen molar-refractivity contribution in [2.24, 2.45) is 0 Å². The second-order valence-electron chi connectivity index (χ2n) is 12.0. The summed E-state index contributed by atoms with van der Waals surface area (Å²) in [6.07, 6.45) is 0.928. The third-order valence-corrected chi connectivity index (χ3v) is 10.2. The molecule has 0 heterocycles. The molecule has 0 aliphatic heterocycles. The van der Waals surface area contributed by atoms with E-state index in [0.717, 1.165) is 21.0 Å². The topological polar surface area (TPSA) is 114 Å². The molecular weight excluding hydrogens is 655 g/mol. The average Bonchev–Trinajstić information content (AvgIpc) is 3.13. The Morgan fingerprint density at radius 2 is 1.48 bits per heavy atom. The summed E-state index contributed by atoms with van der Waals surface area (Å²) in [6.45, 7) is 7.63. The third kappa shape index (κ3) is 9.56. The van der Waals surface area contributed by atoms with Gasteiger partial charge >= 0.3 is 0 Å². The van der Waals surface area contributed by atoms with Gasteiger partial charge in [0.25, 0.3) is 10.0 Å². The van der Waals surface area contributed by atoms with Gasteiger partial charge in [-0.2, -0.15) is 0 Å². The summed E-state index contributed by atoms with van der Waals surface area (Å²) in [5, 5.41) is 3.06. The predicted octanol–water partition coefficient (Wildman–Crippen LogP) is 6.16. The summed E-state index contributed by atoms with van der Waals surface area (Å²) >= 11 is 0. The molecule has 1 N–H and O–H groups in total. The molecule has 2 amide bonds. The van der Waals surface area contributed by atoms with E-state index < -0.39 is 28.5 Å². The lowest BCUT2D eigenvalue weighted by molar-refractivity contribution is -0.140. The van der Waals surface area contributed by atoms with Crippen molar-refractivity contribution in [1.29, 1.82) is 0 Å². The molecule has 11 heteroatoms. The van der Waals surface area contributed by atoms with E-state index in [-0.39, 0.29) is 41.2 Å². The van der Waals surface area contributed by atoms with Crippen molar-refractivity contribution >= 4 is 27.5 Å². The highest BCUT2D eigenvalue weighted by Gasteiger charge is 2.35. The van der Waals surface area contributed by atoms with Crippen LogP contribution in [0.2, 0.25) is 0 Å². The average molecular weight is 702 g/mol. The minimum Gasteiger partial charge on any atom is -0.494 e. The number of methoxy groups -OCH3 is 2. The maximum absolute atomic E-state index is 14.7. The fourth-order valence-corrected chi connectivity index (χ4v) is 6.82. The number of rotatable bonds is 17. The first-order chi connectivity index (χ1) is 24.0. The first kappa shape index (κ1) is 37.8. The Bertz CT molecular complexity index is 1820. The molecule has 266 valence electrons. The molecule has 0 aromatic heterocycles. The number of amides is 2. The fourth-order valence-electron chi connectivity index (χ4n) is 5.39. The predicted molar refractivity (Wildman–Crippen MR) is 195 cm³/mol. The van der Waals surface area contributed by atoms with Gasteiger partial charge in [-0.25, -0.2) is 8.42 Å². The Morgan fingerprint density at radius 3 is 2.08 bits per heavy atom. The number of anilines is 1. The van der Waals surface area contributed by atoms with Crippen molar-refractivity contribution in [3.05, 3.63) is 114 Å². The van der Waals surface area contributed by atoms with Crippen LogP contribution in [0.4, 0.5) is 5.69 Å². The third-order valence-electron chi connectivity index (χ3n) is 8.40. The van der Waals surface area contributed by atoms with Crippen LogP contribution in [-0.4, -0.2) is 64.6 Å². The van der Waals surface area contributed by atoms with Crippen molar-refractivity contribution in [2.75, 3.05) is 31.7 Å². The highest BCUT2D eigenvalue weighted by atomic mass is 32.2. The smallest absolute Gasteiger partial charge is 0.264 e. The Balaban J connectivity index is 1.83. The van der Waals surface area contributed by atoms with Gasteiger partial charge in [0.15, 0.2) is 11.5 Å². The zero-order valence-electron chi connectivity index (χ0n) is 29.6. The lowest BCUT2D eigenvalue weighted by Crippen LogP contribution is -2.54. The maximum Gasteiger partial charge on any atom is 0.264 e. The summed E-state index contributed by atoms with van der Waals surface area (Å²) in [6, 6.07) is 26.9. The Labute approximate surface area is 296 Å². The van der Waals surface area contributed by atoms with Gasteiger partial charge in [0.05, 0.1) is 31.4 Å². The lowest BCUT2D eigenvalue weighted by Gasteiger charge is -2.34. The minimum atomic E-state index is -4.36. The first-order valence-corrected chi connectivity index (χ1v) is 18.1. The van der Waals surface area contributed by atoms with Crippen LogP contribution in [0.1, 0.15) is 43.9 Å². The van der Waals surface area contributed by atoms with Crippen LogP contribution in [0.15, 0.2) is 102 Å². The molecule has 0 aliphatic rings. The number of sulfonamides is 1. The van der Waals surface area contributed by atoms with E-state index in [1.54, 1.807) is 24.3 Å². The molecule has 0 saturated carbocycles. The molecular formula is C39H47N3O7S. The van der Waals surface area contributed by atoms with Crippen LogP contribution in [0.3, 0.4) is 0 Å². The highest BCUT2D eigenvalue weighted by molar-refractivity contribution is 7.92. The van der Waals surface area contributed by atoms with Crippen LogP contribution in [0.25, 0.3) is 0 Å². The fraction of sp³-hybridized carbons (Fsp3) is 0.333. The maximum atomic E-state index is 14.7. The number of nitrogens with one attached hydrogen (secondary N) is 1. The summed E-state index contributed by atoms with van der Waals surface area (Å²) < 4.78 is 46.4. The summed E-state index contributed by atoms with van der Waals surface area (Å²) in [7, 11) is -1.48. The van der Waals surface area contributed by atoms with Crippen LogP contribution in [0.5, 0.6) is 17.2 Å². The molecule has 10 nitrogen and oxygen atoms in total. The molecule has 0 radical (unpaired) electrons. The van der Waals surface area contributed by atoms with Gasteiger partial charge in [-0.3, -0.25) is 13.9 Å². The number of ether oxygens (including phenoxy) is 3. The monoisotopic (exact) mass is 701 g/mol. The van der Waals surface area contributed by atoms with Crippen molar-refractivity contribution < 1.29 is 32.2 Å². The van der Waals surface area contributed by atoms with E-state index in [0.29, 0.717) is 24.5 Å². The van der Waals surface area contributed by atoms with E-state index in [9.17, 15) is 18.0 Å². The molecule has 2 atom stereocenters. The molecule has 0 bridgehead atoms. The lowest BCUT2D eigenvalue weighted by atomic mass is 10.0. The number of carbonyl (C=O) groups is 2. The van der Waals surface area contributed by atoms with E-state index >= 15 is 0 Å². The van der Waals surface area contributed by atoms with E-state index in [1.165, 1.54) is 37.3 Å². The van der Waals surface area contributed by atoms with Gasteiger partial charge in [0.1, 0.15) is 18.3 Å². The Hall–Kier alpha value is -5.03. The number of benzene rings is 4. The molecule has 0 spiro atoms. The zero-order valence-corrected chi connectivity index (χ0v) is 30.4. The molecule has 4 aromatic carbocycles. The highest BCUT2D eigenvalue weighted by Crippen LogP contribution is 2.33.